The standard InChI is InChI=1S/C16H25N3O/c1-17-10-5-8-16(20)18-12-14-9-11-19(13-14)15-6-3-2-4-7-15/h2-4,6-7,14,17H,5,8-13H2,1H3,(H,18,20). The number of hydrogen-bond acceptors (Lipinski definition) is 3. The molecule has 0 spiro atoms. The predicted molar refractivity (Wildman–Crippen MR) is 82.9 cm³/mol. The van der Waals surface area contributed by atoms with E-state index in [0.717, 1.165) is 39.0 Å². The molecule has 1 aliphatic rings. The lowest BCUT2D eigenvalue weighted by Crippen LogP contribution is -2.31. The maximum absolute atomic E-state index is 11.7. The highest BCUT2D eigenvalue weighted by atomic mass is 16.1. The Labute approximate surface area is 121 Å². The van der Waals surface area contributed by atoms with Crippen LogP contribution in [-0.4, -0.2) is 39.1 Å². The molecule has 1 aromatic carbocycles. The molecular formula is C16H25N3O. The Bertz CT molecular complexity index is 407. The van der Waals surface area contributed by atoms with Crippen LogP contribution < -0.4 is 15.5 Å². The number of amides is 1. The van der Waals surface area contributed by atoms with Crippen LogP contribution in [0.4, 0.5) is 5.69 Å². The van der Waals surface area contributed by atoms with Gasteiger partial charge in [0.05, 0.1) is 0 Å². The molecule has 4 nitrogen and oxygen atoms in total. The van der Waals surface area contributed by atoms with Crippen molar-refractivity contribution in [3.05, 3.63) is 30.3 Å². The molecule has 0 aromatic heterocycles. The summed E-state index contributed by atoms with van der Waals surface area (Å²) < 4.78 is 0. The molecule has 1 aromatic rings. The number of anilines is 1. The highest BCUT2D eigenvalue weighted by Crippen LogP contribution is 2.22. The average Bonchev–Trinajstić information content (AvgIpc) is 2.95. The fourth-order valence-corrected chi connectivity index (χ4v) is 2.64. The van der Waals surface area contributed by atoms with Gasteiger partial charge in [0.2, 0.25) is 5.91 Å². The largest absolute Gasteiger partial charge is 0.371 e. The molecule has 1 amide bonds. The Morgan fingerprint density at radius 2 is 2.15 bits per heavy atom. The van der Waals surface area contributed by atoms with Gasteiger partial charge in [-0.15, -0.1) is 0 Å². The van der Waals surface area contributed by atoms with E-state index in [0.29, 0.717) is 12.3 Å². The van der Waals surface area contributed by atoms with Gasteiger partial charge in [-0.25, -0.2) is 0 Å². The summed E-state index contributed by atoms with van der Waals surface area (Å²) in [6.07, 6.45) is 2.69. The molecule has 1 atom stereocenters. The molecule has 4 heteroatoms. The van der Waals surface area contributed by atoms with Crippen LogP contribution >= 0.6 is 0 Å². The number of carbonyl (C=O) groups excluding carboxylic acids is 1. The van der Waals surface area contributed by atoms with E-state index in [4.69, 9.17) is 0 Å². The highest BCUT2D eigenvalue weighted by molar-refractivity contribution is 5.75. The topological polar surface area (TPSA) is 44.4 Å². The number of carbonyl (C=O) groups is 1. The lowest BCUT2D eigenvalue weighted by Gasteiger charge is -2.18. The zero-order chi connectivity index (χ0) is 14.2. The van der Waals surface area contributed by atoms with Crippen molar-refractivity contribution in [2.75, 3.05) is 38.1 Å². The van der Waals surface area contributed by atoms with Crippen molar-refractivity contribution in [2.45, 2.75) is 19.3 Å². The Balaban J connectivity index is 1.67. The quantitative estimate of drug-likeness (QED) is 0.743. The molecule has 20 heavy (non-hydrogen) atoms. The summed E-state index contributed by atoms with van der Waals surface area (Å²) in [4.78, 5) is 14.1. The van der Waals surface area contributed by atoms with Gasteiger partial charge in [-0.3, -0.25) is 4.79 Å². The second kappa shape index (κ2) is 7.90. The van der Waals surface area contributed by atoms with Crippen molar-refractivity contribution in [3.8, 4) is 0 Å². The van der Waals surface area contributed by atoms with Crippen molar-refractivity contribution >= 4 is 11.6 Å². The summed E-state index contributed by atoms with van der Waals surface area (Å²) in [7, 11) is 1.91. The van der Waals surface area contributed by atoms with Crippen LogP contribution in [0.15, 0.2) is 30.3 Å². The second-order valence-electron chi connectivity index (χ2n) is 5.45. The first-order valence-electron chi connectivity index (χ1n) is 7.51. The van der Waals surface area contributed by atoms with E-state index in [-0.39, 0.29) is 5.91 Å². The van der Waals surface area contributed by atoms with E-state index in [1.165, 1.54) is 5.69 Å². The molecule has 1 fully saturated rings. The zero-order valence-electron chi connectivity index (χ0n) is 12.3. The van der Waals surface area contributed by atoms with Crippen molar-refractivity contribution in [2.24, 2.45) is 5.92 Å². The molecule has 1 unspecified atom stereocenters. The SMILES string of the molecule is CNCCCC(=O)NCC1CCN(c2ccccc2)C1. The van der Waals surface area contributed by atoms with E-state index >= 15 is 0 Å². The average molecular weight is 275 g/mol. The number of para-hydroxylation sites is 1. The molecule has 110 valence electrons. The van der Waals surface area contributed by atoms with Gasteiger partial charge in [0, 0.05) is 31.7 Å². The Morgan fingerprint density at radius 1 is 1.35 bits per heavy atom. The number of nitrogens with one attached hydrogen (secondary N) is 2. The molecule has 2 N–H and O–H groups in total. The van der Waals surface area contributed by atoms with Gasteiger partial charge in [0.1, 0.15) is 0 Å². The fraction of sp³-hybridized carbons (Fsp3) is 0.562. The number of rotatable bonds is 7. The fourth-order valence-electron chi connectivity index (χ4n) is 2.64. The molecule has 0 aliphatic carbocycles. The van der Waals surface area contributed by atoms with Crippen LogP contribution in [0.3, 0.4) is 0 Å². The summed E-state index contributed by atoms with van der Waals surface area (Å²) in [5, 5.41) is 6.12. The van der Waals surface area contributed by atoms with E-state index < -0.39 is 0 Å². The Hall–Kier alpha value is -1.55. The van der Waals surface area contributed by atoms with Crippen LogP contribution in [0.5, 0.6) is 0 Å². The van der Waals surface area contributed by atoms with E-state index in [1.54, 1.807) is 0 Å². The van der Waals surface area contributed by atoms with Crippen molar-refractivity contribution in [3.63, 3.8) is 0 Å². The minimum Gasteiger partial charge on any atom is -0.371 e. The summed E-state index contributed by atoms with van der Waals surface area (Å²) >= 11 is 0. The molecule has 1 saturated heterocycles. The van der Waals surface area contributed by atoms with Gasteiger partial charge >= 0.3 is 0 Å². The third-order valence-corrected chi connectivity index (χ3v) is 3.83. The monoisotopic (exact) mass is 275 g/mol. The van der Waals surface area contributed by atoms with Crippen LogP contribution in [0.2, 0.25) is 0 Å². The minimum atomic E-state index is 0.179. The Morgan fingerprint density at radius 3 is 2.90 bits per heavy atom. The maximum Gasteiger partial charge on any atom is 0.220 e. The molecule has 1 heterocycles. The molecule has 0 bridgehead atoms. The van der Waals surface area contributed by atoms with Crippen molar-refractivity contribution in [1.82, 2.24) is 10.6 Å². The second-order valence-corrected chi connectivity index (χ2v) is 5.45. The highest BCUT2D eigenvalue weighted by Gasteiger charge is 2.22. The first-order chi connectivity index (χ1) is 9.79. The van der Waals surface area contributed by atoms with Crippen molar-refractivity contribution in [1.29, 1.82) is 0 Å². The summed E-state index contributed by atoms with van der Waals surface area (Å²) in [5.74, 6) is 0.752. The van der Waals surface area contributed by atoms with E-state index in [2.05, 4.69) is 39.8 Å². The van der Waals surface area contributed by atoms with Crippen LogP contribution in [0.25, 0.3) is 0 Å². The number of hydrogen-bond donors (Lipinski definition) is 2. The van der Waals surface area contributed by atoms with Crippen LogP contribution in [-0.2, 0) is 4.79 Å². The van der Waals surface area contributed by atoms with Gasteiger partial charge in [0.25, 0.3) is 0 Å². The number of benzene rings is 1. The molecule has 1 aliphatic heterocycles. The maximum atomic E-state index is 11.7. The number of nitrogens with zero attached hydrogens (tertiary/aromatic N) is 1. The first-order valence-corrected chi connectivity index (χ1v) is 7.51. The minimum absolute atomic E-state index is 0.179. The predicted octanol–water partition coefficient (Wildman–Crippen LogP) is 1.63. The third kappa shape index (κ3) is 4.53. The lowest BCUT2D eigenvalue weighted by molar-refractivity contribution is -0.121. The van der Waals surface area contributed by atoms with Gasteiger partial charge < -0.3 is 15.5 Å². The van der Waals surface area contributed by atoms with Crippen LogP contribution in [0, 0.1) is 5.92 Å². The molecule has 2 rings (SSSR count). The summed E-state index contributed by atoms with van der Waals surface area (Å²) in [6, 6.07) is 10.5. The van der Waals surface area contributed by atoms with Crippen molar-refractivity contribution < 1.29 is 4.79 Å². The van der Waals surface area contributed by atoms with Gasteiger partial charge in [-0.05, 0) is 44.5 Å². The van der Waals surface area contributed by atoms with E-state index in [9.17, 15) is 4.79 Å². The normalized spacial score (nSPS) is 18.2. The first kappa shape index (κ1) is 14.9. The lowest BCUT2D eigenvalue weighted by atomic mass is 10.1. The summed E-state index contributed by atoms with van der Waals surface area (Å²) in [5.41, 5.74) is 1.29. The van der Waals surface area contributed by atoms with Gasteiger partial charge in [-0.1, -0.05) is 18.2 Å². The molecule has 0 radical (unpaired) electrons. The summed E-state index contributed by atoms with van der Waals surface area (Å²) in [6.45, 7) is 3.84. The van der Waals surface area contributed by atoms with Gasteiger partial charge in [-0.2, -0.15) is 0 Å². The van der Waals surface area contributed by atoms with Gasteiger partial charge in [0.15, 0.2) is 0 Å². The Kier molecular flexibility index (Phi) is 5.87. The van der Waals surface area contributed by atoms with Crippen LogP contribution in [0.1, 0.15) is 19.3 Å². The zero-order valence-corrected chi connectivity index (χ0v) is 12.3. The smallest absolute Gasteiger partial charge is 0.220 e. The molecular weight excluding hydrogens is 250 g/mol. The van der Waals surface area contributed by atoms with E-state index in [1.807, 2.05) is 13.1 Å². The molecule has 0 saturated carbocycles. The third-order valence-electron chi connectivity index (χ3n) is 3.83.